The Kier molecular flexibility index (Phi) is 4.27. The molecule has 0 spiro atoms. The van der Waals surface area contributed by atoms with Gasteiger partial charge in [-0.25, -0.2) is 8.42 Å². The largest absolute Gasteiger partial charge is 0.398 e. The van der Waals surface area contributed by atoms with Crippen molar-refractivity contribution in [1.82, 2.24) is 0 Å². The zero-order chi connectivity index (χ0) is 14.9. The van der Waals surface area contributed by atoms with E-state index in [0.29, 0.717) is 10.7 Å². The number of anilines is 2. The van der Waals surface area contributed by atoms with Crippen molar-refractivity contribution in [1.29, 1.82) is 0 Å². The second-order valence-corrected chi connectivity index (χ2v) is 7.25. The van der Waals surface area contributed by atoms with Gasteiger partial charge in [-0.2, -0.15) is 0 Å². The van der Waals surface area contributed by atoms with Crippen LogP contribution in [0.15, 0.2) is 45.8 Å². The molecule has 3 N–H and O–H groups in total. The summed E-state index contributed by atoms with van der Waals surface area (Å²) in [7, 11) is -3.74. The predicted molar refractivity (Wildman–Crippen MR) is 85.6 cm³/mol. The maximum atomic E-state index is 12.3. The average Bonchev–Trinajstić information content (AvgIpc) is 2.32. The van der Waals surface area contributed by atoms with Gasteiger partial charge in [0.15, 0.2) is 0 Å². The summed E-state index contributed by atoms with van der Waals surface area (Å²) in [6.07, 6.45) is 0. The molecule has 0 aliphatic rings. The Balaban J connectivity index is 2.41. The lowest BCUT2D eigenvalue weighted by Crippen LogP contribution is -2.15. The third-order valence-electron chi connectivity index (χ3n) is 2.69. The fourth-order valence-corrected chi connectivity index (χ4v) is 3.56. The zero-order valence-electron chi connectivity index (χ0n) is 10.5. The Morgan fingerprint density at radius 3 is 2.50 bits per heavy atom. The standard InChI is InChI=1S/C13H12BrClN2O2S/c1-8-6-10(15)3-4-12(8)17-20(18,19)13-5-2-9(14)7-11(13)16/h2-7,17H,16H2,1H3. The highest BCUT2D eigenvalue weighted by Crippen LogP contribution is 2.27. The first-order chi connectivity index (χ1) is 9.29. The van der Waals surface area contributed by atoms with E-state index in [4.69, 9.17) is 17.3 Å². The number of hydrogen-bond donors (Lipinski definition) is 2. The molecule has 0 heterocycles. The van der Waals surface area contributed by atoms with E-state index in [0.717, 1.165) is 10.0 Å². The molecule has 0 saturated carbocycles. The molecule has 7 heteroatoms. The molecule has 2 aromatic rings. The summed E-state index contributed by atoms with van der Waals surface area (Å²) < 4.78 is 27.9. The number of hydrogen-bond acceptors (Lipinski definition) is 3. The normalized spacial score (nSPS) is 11.3. The smallest absolute Gasteiger partial charge is 0.263 e. The van der Waals surface area contributed by atoms with Gasteiger partial charge in [0.05, 0.1) is 11.4 Å². The minimum atomic E-state index is -3.74. The second-order valence-electron chi connectivity index (χ2n) is 4.25. The van der Waals surface area contributed by atoms with E-state index in [9.17, 15) is 8.42 Å². The highest BCUT2D eigenvalue weighted by Gasteiger charge is 2.18. The quantitative estimate of drug-likeness (QED) is 0.802. The Morgan fingerprint density at radius 2 is 1.90 bits per heavy atom. The molecule has 0 aliphatic carbocycles. The van der Waals surface area contributed by atoms with Crippen LogP contribution in [0.1, 0.15) is 5.56 Å². The van der Waals surface area contributed by atoms with Crippen LogP contribution in [0.3, 0.4) is 0 Å². The Bertz CT molecular complexity index is 763. The molecule has 106 valence electrons. The molecule has 0 amide bonds. The molecule has 2 rings (SSSR count). The van der Waals surface area contributed by atoms with Crippen molar-refractivity contribution in [3.05, 3.63) is 51.5 Å². The summed E-state index contributed by atoms with van der Waals surface area (Å²) in [6.45, 7) is 1.77. The maximum Gasteiger partial charge on any atom is 0.263 e. The van der Waals surface area contributed by atoms with E-state index in [1.807, 2.05) is 0 Å². The summed E-state index contributed by atoms with van der Waals surface area (Å²) in [5.74, 6) is 0. The number of sulfonamides is 1. The van der Waals surface area contributed by atoms with Crippen LogP contribution in [-0.2, 0) is 10.0 Å². The van der Waals surface area contributed by atoms with Crippen LogP contribution in [0.2, 0.25) is 5.02 Å². The van der Waals surface area contributed by atoms with Crippen LogP contribution in [0.4, 0.5) is 11.4 Å². The van der Waals surface area contributed by atoms with Gasteiger partial charge < -0.3 is 5.73 Å². The van der Waals surface area contributed by atoms with Crippen LogP contribution >= 0.6 is 27.5 Å². The van der Waals surface area contributed by atoms with E-state index in [-0.39, 0.29) is 10.6 Å². The van der Waals surface area contributed by atoms with Crippen LogP contribution in [0.5, 0.6) is 0 Å². The first-order valence-corrected chi connectivity index (χ1v) is 8.29. The van der Waals surface area contributed by atoms with Gasteiger partial charge in [0.25, 0.3) is 10.0 Å². The fourth-order valence-electron chi connectivity index (χ4n) is 1.71. The van der Waals surface area contributed by atoms with Gasteiger partial charge in [-0.15, -0.1) is 0 Å². The first-order valence-electron chi connectivity index (χ1n) is 5.63. The van der Waals surface area contributed by atoms with Crippen LogP contribution < -0.4 is 10.5 Å². The highest BCUT2D eigenvalue weighted by molar-refractivity contribution is 9.10. The molecule has 2 aromatic carbocycles. The Morgan fingerprint density at radius 1 is 1.20 bits per heavy atom. The van der Waals surface area contributed by atoms with E-state index in [2.05, 4.69) is 20.7 Å². The Labute approximate surface area is 131 Å². The lowest BCUT2D eigenvalue weighted by molar-refractivity contribution is 0.601. The third kappa shape index (κ3) is 3.26. The van der Waals surface area contributed by atoms with Crippen molar-refractivity contribution in [3.63, 3.8) is 0 Å². The number of halogens is 2. The van der Waals surface area contributed by atoms with Crippen molar-refractivity contribution in [2.45, 2.75) is 11.8 Å². The van der Waals surface area contributed by atoms with Crippen molar-refractivity contribution in [3.8, 4) is 0 Å². The van der Waals surface area contributed by atoms with Crippen LogP contribution in [0, 0.1) is 6.92 Å². The van der Waals surface area contributed by atoms with Gasteiger partial charge in [-0.3, -0.25) is 4.72 Å². The topological polar surface area (TPSA) is 72.2 Å². The summed E-state index contributed by atoms with van der Waals surface area (Å²) in [4.78, 5) is 0.0371. The second kappa shape index (κ2) is 5.63. The van der Waals surface area contributed by atoms with Crippen molar-refractivity contribution >= 4 is 48.9 Å². The molecule has 0 radical (unpaired) electrons. The van der Waals surface area contributed by atoms with Gasteiger partial charge in [0.2, 0.25) is 0 Å². The third-order valence-corrected chi connectivity index (χ3v) is 4.86. The number of nitrogens with one attached hydrogen (secondary N) is 1. The lowest BCUT2D eigenvalue weighted by atomic mass is 10.2. The molecular weight excluding hydrogens is 364 g/mol. The number of rotatable bonds is 3. The predicted octanol–water partition coefficient (Wildman–Crippen LogP) is 3.79. The van der Waals surface area contributed by atoms with E-state index < -0.39 is 10.0 Å². The highest BCUT2D eigenvalue weighted by atomic mass is 79.9. The maximum absolute atomic E-state index is 12.3. The SMILES string of the molecule is Cc1cc(Cl)ccc1NS(=O)(=O)c1ccc(Br)cc1N. The number of benzene rings is 2. The summed E-state index contributed by atoms with van der Waals surface area (Å²) >= 11 is 9.08. The summed E-state index contributed by atoms with van der Waals surface area (Å²) in [5, 5.41) is 0.550. The van der Waals surface area contributed by atoms with E-state index in [1.54, 1.807) is 37.3 Å². The van der Waals surface area contributed by atoms with Gasteiger partial charge in [-0.05, 0) is 48.9 Å². The molecule has 0 saturated heterocycles. The average molecular weight is 376 g/mol. The molecular formula is C13H12BrClN2O2S. The van der Waals surface area contributed by atoms with E-state index >= 15 is 0 Å². The van der Waals surface area contributed by atoms with Gasteiger partial charge in [0.1, 0.15) is 4.90 Å². The minimum Gasteiger partial charge on any atom is -0.398 e. The number of nitrogen functional groups attached to an aromatic ring is 1. The summed E-state index contributed by atoms with van der Waals surface area (Å²) in [6, 6.07) is 9.54. The van der Waals surface area contributed by atoms with Gasteiger partial charge in [-0.1, -0.05) is 27.5 Å². The summed E-state index contributed by atoms with van der Waals surface area (Å²) in [5.41, 5.74) is 7.13. The van der Waals surface area contributed by atoms with Crippen molar-refractivity contribution in [2.24, 2.45) is 0 Å². The lowest BCUT2D eigenvalue weighted by Gasteiger charge is -2.12. The number of aryl methyl sites for hydroxylation is 1. The molecule has 0 bridgehead atoms. The molecule has 0 atom stereocenters. The monoisotopic (exact) mass is 374 g/mol. The number of nitrogens with two attached hydrogens (primary N) is 1. The molecule has 0 aliphatic heterocycles. The fraction of sp³-hybridized carbons (Fsp3) is 0.0769. The van der Waals surface area contributed by atoms with Crippen molar-refractivity contribution in [2.75, 3.05) is 10.5 Å². The molecule has 4 nitrogen and oxygen atoms in total. The molecule has 20 heavy (non-hydrogen) atoms. The Hall–Kier alpha value is -1.24. The molecule has 0 aromatic heterocycles. The molecule has 0 fully saturated rings. The van der Waals surface area contributed by atoms with Crippen molar-refractivity contribution < 1.29 is 8.42 Å². The minimum absolute atomic E-state index is 0.0371. The van der Waals surface area contributed by atoms with Crippen LogP contribution in [-0.4, -0.2) is 8.42 Å². The first kappa shape index (κ1) is 15.2. The van der Waals surface area contributed by atoms with E-state index in [1.165, 1.54) is 6.07 Å². The zero-order valence-corrected chi connectivity index (χ0v) is 13.7. The molecule has 0 unspecified atom stereocenters. The van der Waals surface area contributed by atoms with Gasteiger partial charge in [0, 0.05) is 9.50 Å². The van der Waals surface area contributed by atoms with Crippen LogP contribution in [0.25, 0.3) is 0 Å². The van der Waals surface area contributed by atoms with Gasteiger partial charge >= 0.3 is 0 Å².